The van der Waals surface area contributed by atoms with Crippen LogP contribution >= 0.6 is 0 Å². The number of fused-ring (bicyclic) bond motifs is 3. The minimum atomic E-state index is -0.919. The molecule has 4 atom stereocenters. The van der Waals surface area contributed by atoms with Gasteiger partial charge in [-0.2, -0.15) is 0 Å². The van der Waals surface area contributed by atoms with Crippen LogP contribution in [-0.2, 0) is 14.3 Å². The van der Waals surface area contributed by atoms with Gasteiger partial charge in [-0.05, 0) is 54.4 Å². The van der Waals surface area contributed by atoms with Crippen molar-refractivity contribution in [2.45, 2.75) is 51.0 Å². The molecular formula is C28H32N2O5. The standard InChI is InChI=1S/C28H32N2O5/c1-28(26(32)33)13-7-6-12-24(28)30-25(31)22-14-17(22)15-29-27(34)35-16-23-20-10-4-2-8-18(20)19-9-3-5-11-21(19)23/h2-5,8-11,17,22-24H,6-7,12-16H2,1H3,(H,29,34)(H,30,31)(H,32,33)/t17-,22-,24?,28?/m1/s1. The van der Waals surface area contributed by atoms with Crippen molar-refractivity contribution in [3.63, 3.8) is 0 Å². The Balaban J connectivity index is 1.10. The maximum absolute atomic E-state index is 12.7. The summed E-state index contributed by atoms with van der Waals surface area (Å²) < 4.78 is 5.57. The summed E-state index contributed by atoms with van der Waals surface area (Å²) in [5, 5.41) is 15.4. The number of amides is 2. The maximum Gasteiger partial charge on any atom is 0.407 e. The first-order valence-corrected chi connectivity index (χ1v) is 12.5. The predicted octanol–water partition coefficient (Wildman–Crippen LogP) is 4.31. The van der Waals surface area contributed by atoms with Crippen molar-refractivity contribution >= 4 is 18.0 Å². The summed E-state index contributed by atoms with van der Waals surface area (Å²) in [6.45, 7) is 2.35. The number of alkyl carbamates (subject to hydrolysis) is 1. The summed E-state index contributed by atoms with van der Waals surface area (Å²) in [5.41, 5.74) is 3.77. The van der Waals surface area contributed by atoms with Crippen molar-refractivity contribution in [2.75, 3.05) is 13.2 Å². The van der Waals surface area contributed by atoms with Gasteiger partial charge in [0.25, 0.3) is 0 Å². The number of hydrogen-bond acceptors (Lipinski definition) is 4. The van der Waals surface area contributed by atoms with Gasteiger partial charge >= 0.3 is 12.1 Å². The lowest BCUT2D eigenvalue weighted by molar-refractivity contribution is -0.152. The van der Waals surface area contributed by atoms with E-state index in [1.165, 1.54) is 11.1 Å². The Hall–Kier alpha value is -3.35. The van der Waals surface area contributed by atoms with Gasteiger partial charge in [-0.25, -0.2) is 4.79 Å². The Morgan fingerprint density at radius 3 is 2.34 bits per heavy atom. The Bertz CT molecular complexity index is 1100. The number of carboxylic acids is 1. The topological polar surface area (TPSA) is 105 Å². The molecule has 2 aromatic carbocycles. The van der Waals surface area contributed by atoms with E-state index in [4.69, 9.17) is 4.74 Å². The van der Waals surface area contributed by atoms with Gasteiger partial charge in [0.2, 0.25) is 5.91 Å². The van der Waals surface area contributed by atoms with Gasteiger partial charge in [-0.1, -0.05) is 61.4 Å². The molecule has 0 aliphatic heterocycles. The van der Waals surface area contributed by atoms with Crippen molar-refractivity contribution in [1.29, 1.82) is 0 Å². The van der Waals surface area contributed by atoms with Gasteiger partial charge in [0.15, 0.2) is 0 Å². The molecule has 2 unspecified atom stereocenters. The average Bonchev–Trinajstić information content (AvgIpc) is 3.58. The second-order valence-electron chi connectivity index (χ2n) is 10.3. The van der Waals surface area contributed by atoms with Crippen LogP contribution in [-0.4, -0.2) is 42.3 Å². The van der Waals surface area contributed by atoms with E-state index in [-0.39, 0.29) is 36.3 Å². The van der Waals surface area contributed by atoms with Gasteiger partial charge < -0.3 is 20.5 Å². The van der Waals surface area contributed by atoms with E-state index in [9.17, 15) is 19.5 Å². The van der Waals surface area contributed by atoms with Crippen LogP contribution in [0.3, 0.4) is 0 Å². The zero-order valence-electron chi connectivity index (χ0n) is 20.0. The monoisotopic (exact) mass is 476 g/mol. The summed E-state index contributed by atoms with van der Waals surface area (Å²) in [4.78, 5) is 36.9. The summed E-state index contributed by atoms with van der Waals surface area (Å²) >= 11 is 0. The van der Waals surface area contributed by atoms with Gasteiger partial charge in [0.05, 0.1) is 5.41 Å². The van der Waals surface area contributed by atoms with Crippen molar-refractivity contribution < 1.29 is 24.2 Å². The number of aliphatic carboxylic acids is 1. The van der Waals surface area contributed by atoms with Crippen LogP contribution < -0.4 is 10.6 Å². The minimum absolute atomic E-state index is 0.00615. The van der Waals surface area contributed by atoms with Crippen molar-refractivity contribution in [3.05, 3.63) is 59.7 Å². The van der Waals surface area contributed by atoms with Gasteiger partial charge in [-0.3, -0.25) is 9.59 Å². The smallest absolute Gasteiger partial charge is 0.407 e. The molecule has 7 nitrogen and oxygen atoms in total. The Morgan fingerprint density at radius 2 is 1.69 bits per heavy atom. The average molecular weight is 477 g/mol. The highest BCUT2D eigenvalue weighted by Gasteiger charge is 2.48. The fraction of sp³-hybridized carbons (Fsp3) is 0.464. The zero-order valence-corrected chi connectivity index (χ0v) is 20.0. The molecule has 0 radical (unpaired) electrons. The summed E-state index contributed by atoms with van der Waals surface area (Å²) in [6.07, 6.45) is 3.25. The van der Waals surface area contributed by atoms with E-state index in [1.807, 2.05) is 24.3 Å². The quantitative estimate of drug-likeness (QED) is 0.552. The highest BCUT2D eigenvalue weighted by Crippen LogP contribution is 2.44. The molecule has 0 spiro atoms. The molecule has 3 N–H and O–H groups in total. The lowest BCUT2D eigenvalue weighted by Crippen LogP contribution is -2.52. The Labute approximate surface area is 205 Å². The van der Waals surface area contributed by atoms with Crippen molar-refractivity contribution in [1.82, 2.24) is 10.6 Å². The molecule has 7 heteroatoms. The van der Waals surface area contributed by atoms with E-state index in [1.54, 1.807) is 6.92 Å². The molecule has 0 heterocycles. The molecule has 2 amide bonds. The van der Waals surface area contributed by atoms with Crippen LogP contribution in [0.15, 0.2) is 48.5 Å². The van der Waals surface area contributed by atoms with Gasteiger partial charge in [0.1, 0.15) is 6.61 Å². The number of nitrogens with one attached hydrogen (secondary N) is 2. The molecule has 2 aromatic rings. The molecule has 35 heavy (non-hydrogen) atoms. The molecule has 0 saturated heterocycles. The fourth-order valence-corrected chi connectivity index (χ4v) is 5.76. The SMILES string of the molecule is CC1(C(=O)O)CCCCC1NC(=O)[C@@H]1C[C@@H]1CNC(=O)OCC1c2ccccc2-c2ccccc21. The minimum Gasteiger partial charge on any atom is -0.481 e. The number of ether oxygens (including phenoxy) is 1. The molecule has 0 aromatic heterocycles. The summed E-state index contributed by atoms with van der Waals surface area (Å²) in [6, 6.07) is 16.0. The van der Waals surface area contributed by atoms with Crippen LogP contribution in [0.5, 0.6) is 0 Å². The highest BCUT2D eigenvalue weighted by molar-refractivity contribution is 5.84. The van der Waals surface area contributed by atoms with E-state index < -0.39 is 17.5 Å². The second-order valence-corrected chi connectivity index (χ2v) is 10.3. The normalized spacial score (nSPS) is 26.8. The lowest BCUT2D eigenvalue weighted by Gasteiger charge is -2.38. The number of hydrogen-bond donors (Lipinski definition) is 3. The number of carboxylic acid groups (broad SMARTS) is 1. The first kappa shape index (κ1) is 23.4. The number of carbonyl (C=O) groups excluding carboxylic acids is 2. The molecule has 5 rings (SSSR count). The largest absolute Gasteiger partial charge is 0.481 e. The summed E-state index contributed by atoms with van der Waals surface area (Å²) in [5.74, 6) is -1.10. The number of carbonyl (C=O) groups is 3. The van der Waals surface area contributed by atoms with E-state index in [0.29, 0.717) is 25.8 Å². The third kappa shape index (κ3) is 4.51. The third-order valence-corrected chi connectivity index (χ3v) is 8.12. The molecule has 3 aliphatic rings. The number of rotatable bonds is 7. The fourth-order valence-electron chi connectivity index (χ4n) is 5.76. The van der Waals surface area contributed by atoms with E-state index in [0.717, 1.165) is 24.0 Å². The van der Waals surface area contributed by atoms with Crippen LogP contribution in [0.4, 0.5) is 4.79 Å². The Morgan fingerprint density at radius 1 is 1.03 bits per heavy atom. The molecule has 0 bridgehead atoms. The first-order valence-electron chi connectivity index (χ1n) is 12.5. The molecule has 2 fully saturated rings. The van der Waals surface area contributed by atoms with Crippen LogP contribution in [0.1, 0.15) is 56.1 Å². The first-order chi connectivity index (χ1) is 16.9. The summed E-state index contributed by atoms with van der Waals surface area (Å²) in [7, 11) is 0. The highest BCUT2D eigenvalue weighted by atomic mass is 16.5. The maximum atomic E-state index is 12.7. The molecule has 2 saturated carbocycles. The van der Waals surface area contributed by atoms with E-state index >= 15 is 0 Å². The Kier molecular flexibility index (Phi) is 6.26. The molecule has 184 valence electrons. The van der Waals surface area contributed by atoms with Crippen molar-refractivity contribution in [3.8, 4) is 11.1 Å². The molecule has 3 aliphatic carbocycles. The van der Waals surface area contributed by atoms with Gasteiger partial charge in [-0.15, -0.1) is 0 Å². The second kappa shape index (κ2) is 9.36. The zero-order chi connectivity index (χ0) is 24.6. The van der Waals surface area contributed by atoms with Crippen LogP contribution in [0.25, 0.3) is 11.1 Å². The van der Waals surface area contributed by atoms with Crippen molar-refractivity contribution in [2.24, 2.45) is 17.3 Å². The third-order valence-electron chi connectivity index (χ3n) is 8.12. The van der Waals surface area contributed by atoms with Crippen LogP contribution in [0.2, 0.25) is 0 Å². The number of benzene rings is 2. The lowest BCUT2D eigenvalue weighted by atomic mass is 9.71. The predicted molar refractivity (Wildman–Crippen MR) is 131 cm³/mol. The molecular weight excluding hydrogens is 444 g/mol. The van der Waals surface area contributed by atoms with E-state index in [2.05, 4.69) is 34.9 Å². The van der Waals surface area contributed by atoms with Gasteiger partial charge in [0, 0.05) is 24.4 Å². The van der Waals surface area contributed by atoms with Crippen LogP contribution in [0, 0.1) is 17.3 Å².